The molecule has 3 aromatic rings. The minimum atomic E-state index is -4.57. The maximum Gasteiger partial charge on any atom is 0.417 e. The van der Waals surface area contributed by atoms with Crippen molar-refractivity contribution in [1.29, 1.82) is 0 Å². The number of benzene rings is 2. The van der Waals surface area contributed by atoms with Crippen LogP contribution in [0.3, 0.4) is 0 Å². The molecule has 2 heterocycles. The summed E-state index contributed by atoms with van der Waals surface area (Å²) in [7, 11) is 0. The number of carbonyl (C=O) groups excluding carboxylic acids is 2. The zero-order chi connectivity index (χ0) is 20.1. The number of amides is 2. The SMILES string of the molecule is O=C1CCC(=O)N1c1ccc2cc(-c3ccccc3C(F)(F)F)[nH]c(=O)c2c1. The van der Waals surface area contributed by atoms with Crippen molar-refractivity contribution in [2.24, 2.45) is 0 Å². The van der Waals surface area contributed by atoms with Crippen LogP contribution < -0.4 is 10.5 Å². The number of aromatic amines is 1. The normalized spacial score (nSPS) is 14.9. The van der Waals surface area contributed by atoms with Crippen molar-refractivity contribution in [3.63, 3.8) is 0 Å². The molecule has 0 atom stereocenters. The fourth-order valence-corrected chi connectivity index (χ4v) is 3.36. The summed E-state index contributed by atoms with van der Waals surface area (Å²) in [6.45, 7) is 0. The lowest BCUT2D eigenvalue weighted by molar-refractivity contribution is -0.137. The Labute approximate surface area is 156 Å². The van der Waals surface area contributed by atoms with Crippen molar-refractivity contribution in [1.82, 2.24) is 4.98 Å². The summed E-state index contributed by atoms with van der Waals surface area (Å²) in [5.74, 6) is -0.701. The minimum Gasteiger partial charge on any atom is -0.321 e. The monoisotopic (exact) mass is 386 g/mol. The number of imide groups is 1. The summed E-state index contributed by atoms with van der Waals surface area (Å²) >= 11 is 0. The lowest BCUT2D eigenvalue weighted by atomic mass is 10.0. The van der Waals surface area contributed by atoms with Crippen LogP contribution >= 0.6 is 0 Å². The first-order chi connectivity index (χ1) is 13.3. The summed E-state index contributed by atoms with van der Waals surface area (Å²) in [6, 6.07) is 10.8. The molecule has 4 rings (SSSR count). The first-order valence-corrected chi connectivity index (χ1v) is 8.45. The van der Waals surface area contributed by atoms with E-state index in [2.05, 4.69) is 4.98 Å². The molecule has 1 aliphatic rings. The second kappa shape index (κ2) is 6.33. The van der Waals surface area contributed by atoms with Gasteiger partial charge in [0, 0.05) is 29.5 Å². The number of fused-ring (bicyclic) bond motifs is 1. The number of carbonyl (C=O) groups is 2. The third kappa shape index (κ3) is 2.96. The molecule has 142 valence electrons. The smallest absolute Gasteiger partial charge is 0.321 e. The molecule has 1 fully saturated rings. The van der Waals surface area contributed by atoms with E-state index in [0.29, 0.717) is 5.39 Å². The number of hydrogen-bond acceptors (Lipinski definition) is 3. The Hall–Kier alpha value is -3.42. The molecule has 0 spiro atoms. The number of nitrogens with zero attached hydrogens (tertiary/aromatic N) is 1. The van der Waals surface area contributed by atoms with Crippen molar-refractivity contribution in [2.45, 2.75) is 19.0 Å². The first-order valence-electron chi connectivity index (χ1n) is 8.45. The van der Waals surface area contributed by atoms with Crippen molar-refractivity contribution in [2.75, 3.05) is 4.90 Å². The van der Waals surface area contributed by atoms with Crippen molar-refractivity contribution in [3.8, 4) is 11.3 Å². The Morgan fingerprint density at radius 2 is 1.57 bits per heavy atom. The number of nitrogens with one attached hydrogen (secondary N) is 1. The van der Waals surface area contributed by atoms with Gasteiger partial charge in [0.05, 0.1) is 11.3 Å². The number of rotatable bonds is 2. The van der Waals surface area contributed by atoms with Crippen molar-refractivity contribution >= 4 is 28.3 Å². The number of halogens is 3. The second-order valence-corrected chi connectivity index (χ2v) is 6.45. The molecule has 5 nitrogen and oxygen atoms in total. The van der Waals surface area contributed by atoms with E-state index in [-0.39, 0.29) is 47.0 Å². The van der Waals surface area contributed by atoms with Crippen LogP contribution in [0.4, 0.5) is 18.9 Å². The highest BCUT2D eigenvalue weighted by molar-refractivity contribution is 6.20. The summed E-state index contributed by atoms with van der Waals surface area (Å²) in [5, 5.41) is 0.580. The van der Waals surface area contributed by atoms with Crippen LogP contribution in [-0.2, 0) is 15.8 Å². The predicted octanol–water partition coefficient (Wildman–Crippen LogP) is 3.87. The fourth-order valence-electron chi connectivity index (χ4n) is 3.36. The summed E-state index contributed by atoms with van der Waals surface area (Å²) in [5.41, 5.74) is -1.29. The van der Waals surface area contributed by atoms with Gasteiger partial charge in [0.2, 0.25) is 11.8 Å². The molecule has 2 amide bonds. The molecule has 0 saturated carbocycles. The van der Waals surface area contributed by atoms with Gasteiger partial charge in [-0.15, -0.1) is 0 Å². The van der Waals surface area contributed by atoms with Crippen LogP contribution in [0.15, 0.2) is 53.3 Å². The lowest BCUT2D eigenvalue weighted by Crippen LogP contribution is -2.28. The molecular weight excluding hydrogens is 373 g/mol. The van der Waals surface area contributed by atoms with Crippen molar-refractivity contribution in [3.05, 3.63) is 64.4 Å². The Balaban J connectivity index is 1.86. The van der Waals surface area contributed by atoms with E-state index >= 15 is 0 Å². The zero-order valence-corrected chi connectivity index (χ0v) is 14.3. The zero-order valence-electron chi connectivity index (χ0n) is 14.3. The average molecular weight is 386 g/mol. The lowest BCUT2D eigenvalue weighted by Gasteiger charge is -2.15. The van der Waals surface area contributed by atoms with Crippen molar-refractivity contribution < 1.29 is 22.8 Å². The number of alkyl halides is 3. The highest BCUT2D eigenvalue weighted by Gasteiger charge is 2.34. The van der Waals surface area contributed by atoms with Crippen LogP contribution in [0.2, 0.25) is 0 Å². The molecule has 2 aromatic carbocycles. The summed E-state index contributed by atoms with van der Waals surface area (Å²) < 4.78 is 39.9. The first kappa shape index (κ1) is 18.0. The number of aromatic nitrogens is 1. The predicted molar refractivity (Wildman–Crippen MR) is 96.7 cm³/mol. The van der Waals surface area contributed by atoms with Crippen LogP contribution in [0.1, 0.15) is 18.4 Å². The number of anilines is 1. The van der Waals surface area contributed by atoms with Crippen LogP contribution in [0.25, 0.3) is 22.0 Å². The Bertz CT molecular complexity index is 1170. The molecule has 0 aliphatic carbocycles. The fraction of sp³-hybridized carbons (Fsp3) is 0.150. The molecular formula is C20H13F3N2O3. The Morgan fingerprint density at radius 3 is 2.25 bits per heavy atom. The van der Waals surface area contributed by atoms with Crippen LogP contribution in [0, 0.1) is 0 Å². The van der Waals surface area contributed by atoms with E-state index in [4.69, 9.17) is 0 Å². The van der Waals surface area contributed by atoms with Gasteiger partial charge in [-0.2, -0.15) is 13.2 Å². The van der Waals surface area contributed by atoms with E-state index in [1.165, 1.54) is 42.5 Å². The third-order valence-electron chi connectivity index (χ3n) is 4.66. The van der Waals surface area contributed by atoms with E-state index < -0.39 is 17.3 Å². The molecule has 1 saturated heterocycles. The molecule has 28 heavy (non-hydrogen) atoms. The highest BCUT2D eigenvalue weighted by Crippen LogP contribution is 2.36. The second-order valence-electron chi connectivity index (χ2n) is 6.45. The number of hydrogen-bond donors (Lipinski definition) is 1. The molecule has 1 N–H and O–H groups in total. The Morgan fingerprint density at radius 1 is 0.893 bits per heavy atom. The molecule has 8 heteroatoms. The molecule has 1 aliphatic heterocycles. The largest absolute Gasteiger partial charge is 0.417 e. The van der Waals surface area contributed by atoms with E-state index in [1.807, 2.05) is 0 Å². The van der Waals surface area contributed by atoms with Gasteiger partial charge < -0.3 is 4.98 Å². The summed E-state index contributed by atoms with van der Waals surface area (Å²) in [6.07, 6.45) is -4.34. The summed E-state index contributed by atoms with van der Waals surface area (Å²) in [4.78, 5) is 39.8. The van der Waals surface area contributed by atoms with Gasteiger partial charge in [-0.25, -0.2) is 0 Å². The van der Waals surface area contributed by atoms with Gasteiger partial charge in [-0.3, -0.25) is 19.3 Å². The van der Waals surface area contributed by atoms with E-state index in [0.717, 1.165) is 11.0 Å². The van der Waals surface area contributed by atoms with Gasteiger partial charge in [0.15, 0.2) is 0 Å². The molecule has 0 bridgehead atoms. The van der Waals surface area contributed by atoms with Gasteiger partial charge in [-0.1, -0.05) is 24.3 Å². The van der Waals surface area contributed by atoms with E-state index in [9.17, 15) is 27.6 Å². The quantitative estimate of drug-likeness (QED) is 0.680. The van der Waals surface area contributed by atoms with Gasteiger partial charge in [0.25, 0.3) is 5.56 Å². The maximum absolute atomic E-state index is 13.3. The van der Waals surface area contributed by atoms with Crippen LogP contribution in [0.5, 0.6) is 0 Å². The number of H-pyrrole nitrogens is 1. The standard InChI is InChI=1S/C20H13F3N2O3/c21-20(22,23)15-4-2-1-3-13(15)16-9-11-5-6-12(10-14(11)19(28)24-16)25-17(26)7-8-18(25)27/h1-6,9-10H,7-8H2,(H,24,28). The Kier molecular flexibility index (Phi) is 4.06. The minimum absolute atomic E-state index is 0.0338. The average Bonchev–Trinajstić information content (AvgIpc) is 2.99. The molecule has 0 unspecified atom stereocenters. The highest BCUT2D eigenvalue weighted by atomic mass is 19.4. The van der Waals surface area contributed by atoms with Gasteiger partial charge >= 0.3 is 6.18 Å². The topological polar surface area (TPSA) is 70.2 Å². The molecule has 1 aromatic heterocycles. The van der Waals surface area contributed by atoms with Gasteiger partial charge in [-0.05, 0) is 29.7 Å². The van der Waals surface area contributed by atoms with E-state index in [1.54, 1.807) is 0 Å². The van der Waals surface area contributed by atoms with Gasteiger partial charge in [0.1, 0.15) is 0 Å². The van der Waals surface area contributed by atoms with Crippen LogP contribution in [-0.4, -0.2) is 16.8 Å². The number of pyridine rings is 1. The molecule has 0 radical (unpaired) electrons. The maximum atomic E-state index is 13.3. The third-order valence-corrected chi connectivity index (χ3v) is 4.66.